The fourth-order valence-electron chi connectivity index (χ4n) is 3.63. The first-order valence-corrected chi connectivity index (χ1v) is 9.45. The molecule has 5 nitrogen and oxygen atoms in total. The number of hydrogen-bond acceptors (Lipinski definition) is 4. The molecule has 2 aliphatic rings. The van der Waals surface area contributed by atoms with Crippen LogP contribution in [0.1, 0.15) is 36.8 Å². The zero-order valence-electron chi connectivity index (χ0n) is 15.4. The molecule has 138 valence electrons. The molecular formula is C20H30N2O3. The fraction of sp³-hybridized carbons (Fsp3) is 0.650. The first kappa shape index (κ1) is 18.2. The summed E-state index contributed by atoms with van der Waals surface area (Å²) in [5.41, 5.74) is 2.38. The van der Waals surface area contributed by atoms with E-state index in [2.05, 4.69) is 42.3 Å². The van der Waals surface area contributed by atoms with E-state index in [0.29, 0.717) is 13.1 Å². The molecular weight excluding hydrogens is 316 g/mol. The number of nitrogens with zero attached hydrogens (tertiary/aromatic N) is 1. The summed E-state index contributed by atoms with van der Waals surface area (Å²) in [6, 6.07) is 6.25. The monoisotopic (exact) mass is 346 g/mol. The van der Waals surface area contributed by atoms with Crippen LogP contribution >= 0.6 is 0 Å². The van der Waals surface area contributed by atoms with E-state index in [1.54, 1.807) is 0 Å². The van der Waals surface area contributed by atoms with Crippen molar-refractivity contribution in [2.45, 2.75) is 51.7 Å². The Balaban J connectivity index is 1.38. The van der Waals surface area contributed by atoms with Crippen LogP contribution in [0.4, 0.5) is 0 Å². The van der Waals surface area contributed by atoms with E-state index in [1.807, 2.05) is 0 Å². The summed E-state index contributed by atoms with van der Waals surface area (Å²) in [4.78, 5) is 14.3. The van der Waals surface area contributed by atoms with Crippen LogP contribution in [-0.4, -0.2) is 55.8 Å². The first-order chi connectivity index (χ1) is 12.1. The molecule has 1 amide bonds. The van der Waals surface area contributed by atoms with Crippen molar-refractivity contribution in [1.29, 1.82) is 0 Å². The highest BCUT2D eigenvalue weighted by Gasteiger charge is 2.23. The summed E-state index contributed by atoms with van der Waals surface area (Å²) < 4.78 is 11.8. The normalized spacial score (nSPS) is 22.1. The van der Waals surface area contributed by atoms with Gasteiger partial charge in [0.25, 0.3) is 0 Å². The molecule has 3 rings (SSSR count). The molecule has 0 spiro atoms. The van der Waals surface area contributed by atoms with Crippen molar-refractivity contribution in [3.63, 3.8) is 0 Å². The van der Waals surface area contributed by atoms with Gasteiger partial charge >= 0.3 is 0 Å². The number of carbonyl (C=O) groups excluding carboxylic acids is 1. The van der Waals surface area contributed by atoms with Crippen LogP contribution in [0.25, 0.3) is 0 Å². The predicted octanol–water partition coefficient (Wildman–Crippen LogP) is 2.44. The van der Waals surface area contributed by atoms with E-state index in [1.165, 1.54) is 11.1 Å². The number of carbonyl (C=O) groups is 1. The van der Waals surface area contributed by atoms with E-state index in [-0.39, 0.29) is 18.1 Å². The summed E-state index contributed by atoms with van der Waals surface area (Å²) in [5, 5.41) is 3.00. The third-order valence-electron chi connectivity index (χ3n) is 5.15. The number of para-hydroxylation sites is 1. The van der Waals surface area contributed by atoms with Crippen molar-refractivity contribution in [3.8, 4) is 5.75 Å². The number of rotatable bonds is 6. The SMILES string of the molecule is Cc1cccc(C)c1OC1CCN(CC(=O)NC[C@@H]2CCCO2)CC1. The maximum atomic E-state index is 12.1. The van der Waals surface area contributed by atoms with Gasteiger partial charge in [-0.15, -0.1) is 0 Å². The van der Waals surface area contributed by atoms with Gasteiger partial charge in [-0.3, -0.25) is 9.69 Å². The van der Waals surface area contributed by atoms with Crippen LogP contribution in [0.5, 0.6) is 5.75 Å². The molecule has 0 aliphatic carbocycles. The standard InChI is InChI=1S/C20H30N2O3/c1-15-5-3-6-16(2)20(15)25-17-8-10-22(11-9-17)14-19(23)21-13-18-7-4-12-24-18/h3,5-6,17-18H,4,7-14H2,1-2H3,(H,21,23)/t18-/m0/s1. The number of likely N-dealkylation sites (tertiary alicyclic amines) is 1. The van der Waals surface area contributed by atoms with Gasteiger partial charge < -0.3 is 14.8 Å². The van der Waals surface area contributed by atoms with Gasteiger partial charge in [0.1, 0.15) is 11.9 Å². The third-order valence-corrected chi connectivity index (χ3v) is 5.15. The van der Waals surface area contributed by atoms with Gasteiger partial charge in [0.05, 0.1) is 12.6 Å². The van der Waals surface area contributed by atoms with Crippen molar-refractivity contribution < 1.29 is 14.3 Å². The van der Waals surface area contributed by atoms with Gasteiger partial charge in [-0.1, -0.05) is 18.2 Å². The van der Waals surface area contributed by atoms with Gasteiger partial charge in [0.15, 0.2) is 0 Å². The smallest absolute Gasteiger partial charge is 0.234 e. The highest BCUT2D eigenvalue weighted by Crippen LogP contribution is 2.26. The second kappa shape index (κ2) is 8.68. The lowest BCUT2D eigenvalue weighted by Crippen LogP contribution is -2.45. The lowest BCUT2D eigenvalue weighted by Gasteiger charge is -2.32. The molecule has 0 radical (unpaired) electrons. The number of piperidine rings is 1. The molecule has 25 heavy (non-hydrogen) atoms. The van der Waals surface area contributed by atoms with Gasteiger partial charge in [0, 0.05) is 26.2 Å². The maximum absolute atomic E-state index is 12.1. The molecule has 1 aromatic rings. The number of amides is 1. The van der Waals surface area contributed by atoms with Crippen LogP contribution in [-0.2, 0) is 9.53 Å². The van der Waals surface area contributed by atoms with Gasteiger partial charge in [-0.05, 0) is 50.7 Å². The summed E-state index contributed by atoms with van der Waals surface area (Å²) in [6.07, 6.45) is 4.54. The summed E-state index contributed by atoms with van der Waals surface area (Å²) in [7, 11) is 0. The molecule has 1 atom stereocenters. The lowest BCUT2D eigenvalue weighted by molar-refractivity contribution is -0.123. The second-order valence-electron chi connectivity index (χ2n) is 7.25. The molecule has 2 saturated heterocycles. The minimum atomic E-state index is 0.101. The maximum Gasteiger partial charge on any atom is 0.234 e. The molecule has 1 N–H and O–H groups in total. The van der Waals surface area contributed by atoms with Crippen LogP contribution in [0.2, 0.25) is 0 Å². The second-order valence-corrected chi connectivity index (χ2v) is 7.25. The molecule has 0 saturated carbocycles. The largest absolute Gasteiger partial charge is 0.490 e. The Morgan fingerprint density at radius 1 is 1.24 bits per heavy atom. The average molecular weight is 346 g/mol. The van der Waals surface area contributed by atoms with E-state index in [4.69, 9.17) is 9.47 Å². The van der Waals surface area contributed by atoms with Crippen molar-refractivity contribution in [2.75, 3.05) is 32.8 Å². The lowest BCUT2D eigenvalue weighted by atomic mass is 10.1. The van der Waals surface area contributed by atoms with Crippen molar-refractivity contribution in [3.05, 3.63) is 29.3 Å². The highest BCUT2D eigenvalue weighted by molar-refractivity contribution is 5.78. The molecule has 0 unspecified atom stereocenters. The highest BCUT2D eigenvalue weighted by atomic mass is 16.5. The topological polar surface area (TPSA) is 50.8 Å². The van der Waals surface area contributed by atoms with E-state index >= 15 is 0 Å². The summed E-state index contributed by atoms with van der Waals surface area (Å²) in [5.74, 6) is 1.12. The third kappa shape index (κ3) is 5.19. The van der Waals surface area contributed by atoms with Gasteiger partial charge in [0.2, 0.25) is 5.91 Å². The number of ether oxygens (including phenoxy) is 2. The van der Waals surface area contributed by atoms with Gasteiger partial charge in [-0.2, -0.15) is 0 Å². The molecule has 0 aromatic heterocycles. The number of nitrogens with one attached hydrogen (secondary N) is 1. The first-order valence-electron chi connectivity index (χ1n) is 9.45. The Hall–Kier alpha value is -1.59. The minimum absolute atomic E-state index is 0.101. The average Bonchev–Trinajstić information content (AvgIpc) is 3.12. The molecule has 1 aromatic carbocycles. The molecule has 2 heterocycles. The predicted molar refractivity (Wildman–Crippen MR) is 98.0 cm³/mol. The minimum Gasteiger partial charge on any atom is -0.490 e. The van der Waals surface area contributed by atoms with Crippen LogP contribution < -0.4 is 10.1 Å². The van der Waals surface area contributed by atoms with E-state index in [0.717, 1.165) is 51.1 Å². The van der Waals surface area contributed by atoms with Crippen molar-refractivity contribution in [2.24, 2.45) is 0 Å². The van der Waals surface area contributed by atoms with Crippen molar-refractivity contribution >= 4 is 5.91 Å². The van der Waals surface area contributed by atoms with Crippen LogP contribution in [0.15, 0.2) is 18.2 Å². The zero-order valence-corrected chi connectivity index (χ0v) is 15.4. The van der Waals surface area contributed by atoms with Crippen LogP contribution in [0, 0.1) is 13.8 Å². The Bertz CT molecular complexity index is 556. The summed E-state index contributed by atoms with van der Waals surface area (Å²) >= 11 is 0. The van der Waals surface area contributed by atoms with E-state index < -0.39 is 0 Å². The van der Waals surface area contributed by atoms with E-state index in [9.17, 15) is 4.79 Å². The Kier molecular flexibility index (Phi) is 6.32. The zero-order chi connectivity index (χ0) is 17.6. The number of benzene rings is 1. The molecule has 2 fully saturated rings. The Labute approximate surface area is 150 Å². The summed E-state index contributed by atoms with van der Waals surface area (Å²) in [6.45, 7) is 7.94. The van der Waals surface area contributed by atoms with Crippen molar-refractivity contribution in [1.82, 2.24) is 10.2 Å². The Morgan fingerprint density at radius 2 is 1.96 bits per heavy atom. The molecule has 5 heteroatoms. The fourth-order valence-corrected chi connectivity index (χ4v) is 3.63. The Morgan fingerprint density at radius 3 is 2.60 bits per heavy atom. The molecule has 0 bridgehead atoms. The number of hydrogen-bond donors (Lipinski definition) is 1. The van der Waals surface area contributed by atoms with Gasteiger partial charge in [-0.25, -0.2) is 0 Å². The number of aryl methyl sites for hydroxylation is 2. The molecule has 2 aliphatic heterocycles. The quantitative estimate of drug-likeness (QED) is 0.860. The van der Waals surface area contributed by atoms with Crippen LogP contribution in [0.3, 0.4) is 0 Å².